The zero-order valence-corrected chi connectivity index (χ0v) is 9.37. The van der Waals surface area contributed by atoms with Gasteiger partial charge in [0.15, 0.2) is 0 Å². The maximum atomic E-state index is 11.3. The van der Waals surface area contributed by atoms with Gasteiger partial charge in [-0.2, -0.15) is 0 Å². The van der Waals surface area contributed by atoms with E-state index in [0.29, 0.717) is 13.0 Å². The summed E-state index contributed by atoms with van der Waals surface area (Å²) in [6, 6.07) is -0.0617. The normalized spacial score (nSPS) is 19.9. The van der Waals surface area contributed by atoms with Gasteiger partial charge >= 0.3 is 0 Å². The van der Waals surface area contributed by atoms with Crippen LogP contribution in [0.15, 0.2) is 0 Å². The number of morpholine rings is 1. The summed E-state index contributed by atoms with van der Waals surface area (Å²) in [5.74, 6) is 0.0401. The summed E-state index contributed by atoms with van der Waals surface area (Å²) in [6.45, 7) is 6.95. The minimum absolute atomic E-state index is 0.0401. The van der Waals surface area contributed by atoms with Crippen LogP contribution in [0.4, 0.5) is 0 Å². The van der Waals surface area contributed by atoms with Crippen LogP contribution in [0.3, 0.4) is 0 Å². The first-order chi connectivity index (χ1) is 7.18. The maximum Gasteiger partial charge on any atom is 0.221 e. The molecule has 0 aromatic rings. The van der Waals surface area contributed by atoms with Gasteiger partial charge in [0.1, 0.15) is 0 Å². The number of rotatable bonds is 5. The predicted molar refractivity (Wildman–Crippen MR) is 58.5 cm³/mol. The number of nitrogens with two attached hydrogens (primary N) is 1. The molecule has 0 aliphatic carbocycles. The molecule has 1 unspecified atom stereocenters. The minimum atomic E-state index is -0.0617. The topological polar surface area (TPSA) is 67.6 Å². The van der Waals surface area contributed by atoms with Crippen LogP contribution < -0.4 is 11.1 Å². The van der Waals surface area contributed by atoms with Gasteiger partial charge in [-0.05, 0) is 6.92 Å². The quantitative estimate of drug-likeness (QED) is 0.628. The molecule has 0 radical (unpaired) electrons. The number of carbonyl (C=O) groups is 1. The molecule has 0 aromatic heterocycles. The number of carbonyl (C=O) groups excluding carboxylic acids is 1. The Bertz CT molecular complexity index is 191. The highest BCUT2D eigenvalue weighted by Crippen LogP contribution is 1.94. The summed E-state index contributed by atoms with van der Waals surface area (Å²) in [7, 11) is 0. The number of hydrogen-bond donors (Lipinski definition) is 2. The Kier molecular flexibility index (Phi) is 5.60. The van der Waals surface area contributed by atoms with Crippen molar-refractivity contribution < 1.29 is 9.53 Å². The highest BCUT2D eigenvalue weighted by molar-refractivity contribution is 5.76. The van der Waals surface area contributed by atoms with Crippen molar-refractivity contribution >= 4 is 5.91 Å². The van der Waals surface area contributed by atoms with Gasteiger partial charge in [-0.1, -0.05) is 0 Å². The van der Waals surface area contributed by atoms with Gasteiger partial charge in [0, 0.05) is 38.6 Å². The molecule has 0 spiro atoms. The zero-order valence-electron chi connectivity index (χ0n) is 9.37. The molecular formula is C10H21N3O2. The number of amides is 1. The Labute approximate surface area is 90.9 Å². The van der Waals surface area contributed by atoms with E-state index < -0.39 is 0 Å². The van der Waals surface area contributed by atoms with E-state index >= 15 is 0 Å². The predicted octanol–water partition coefficient (Wildman–Crippen LogP) is -0.828. The molecule has 3 N–H and O–H groups in total. The molecule has 0 saturated carbocycles. The first-order valence-electron chi connectivity index (χ1n) is 5.51. The van der Waals surface area contributed by atoms with E-state index in [4.69, 9.17) is 10.5 Å². The largest absolute Gasteiger partial charge is 0.379 e. The van der Waals surface area contributed by atoms with E-state index in [1.165, 1.54) is 0 Å². The van der Waals surface area contributed by atoms with Crippen LogP contribution in [-0.4, -0.2) is 56.2 Å². The summed E-state index contributed by atoms with van der Waals surface area (Å²) in [5.41, 5.74) is 5.52. The second-order valence-electron chi connectivity index (χ2n) is 3.99. The Hall–Kier alpha value is -0.650. The van der Waals surface area contributed by atoms with E-state index in [9.17, 15) is 4.79 Å². The van der Waals surface area contributed by atoms with Crippen molar-refractivity contribution in [3.63, 3.8) is 0 Å². The van der Waals surface area contributed by atoms with Crippen molar-refractivity contribution in [3.8, 4) is 0 Å². The third kappa shape index (κ3) is 5.71. The van der Waals surface area contributed by atoms with Crippen LogP contribution in [0.2, 0.25) is 0 Å². The lowest BCUT2D eigenvalue weighted by Crippen LogP contribution is -2.41. The van der Waals surface area contributed by atoms with Crippen molar-refractivity contribution in [2.75, 3.05) is 39.4 Å². The number of nitrogens with one attached hydrogen (secondary N) is 1. The molecule has 1 aliphatic rings. The fraction of sp³-hybridized carbons (Fsp3) is 0.900. The number of ether oxygens (including phenoxy) is 1. The van der Waals surface area contributed by atoms with Gasteiger partial charge < -0.3 is 15.8 Å². The molecule has 0 bridgehead atoms. The smallest absolute Gasteiger partial charge is 0.221 e. The molecular weight excluding hydrogens is 194 g/mol. The molecule has 5 nitrogen and oxygen atoms in total. The average molecular weight is 215 g/mol. The lowest BCUT2D eigenvalue weighted by atomic mass is 10.2. The van der Waals surface area contributed by atoms with Crippen molar-refractivity contribution in [2.45, 2.75) is 19.4 Å². The third-order valence-corrected chi connectivity index (χ3v) is 2.36. The molecule has 1 heterocycles. The highest BCUT2D eigenvalue weighted by atomic mass is 16.5. The second kappa shape index (κ2) is 6.76. The minimum Gasteiger partial charge on any atom is -0.379 e. The van der Waals surface area contributed by atoms with Gasteiger partial charge in [-0.15, -0.1) is 0 Å². The van der Waals surface area contributed by atoms with Crippen LogP contribution in [0, 0.1) is 0 Å². The standard InChI is InChI=1S/C10H21N3O2/c1-9(11)8-10(14)12-2-3-13-4-6-15-7-5-13/h9H,2-8,11H2,1H3,(H,12,14). The summed E-state index contributed by atoms with van der Waals surface area (Å²) in [5, 5.41) is 2.86. The van der Waals surface area contributed by atoms with E-state index in [2.05, 4.69) is 10.2 Å². The Balaban J connectivity index is 2.02. The Morgan fingerprint density at radius 2 is 2.20 bits per heavy atom. The van der Waals surface area contributed by atoms with Gasteiger partial charge in [0.05, 0.1) is 13.2 Å². The lowest BCUT2D eigenvalue weighted by molar-refractivity contribution is -0.121. The van der Waals surface area contributed by atoms with Crippen LogP contribution in [0.25, 0.3) is 0 Å². The van der Waals surface area contributed by atoms with Gasteiger partial charge in [-0.25, -0.2) is 0 Å². The third-order valence-electron chi connectivity index (χ3n) is 2.36. The molecule has 0 aromatic carbocycles. The monoisotopic (exact) mass is 215 g/mol. The first kappa shape index (κ1) is 12.4. The van der Waals surface area contributed by atoms with Gasteiger partial charge in [0.25, 0.3) is 0 Å². The lowest BCUT2D eigenvalue weighted by Gasteiger charge is -2.26. The van der Waals surface area contributed by atoms with Crippen LogP contribution in [-0.2, 0) is 9.53 Å². The average Bonchev–Trinajstić information content (AvgIpc) is 2.18. The molecule has 1 saturated heterocycles. The van der Waals surface area contributed by atoms with Crippen LogP contribution in [0.1, 0.15) is 13.3 Å². The molecule has 1 aliphatic heterocycles. The molecule has 1 rings (SSSR count). The number of nitrogens with zero attached hydrogens (tertiary/aromatic N) is 1. The Morgan fingerprint density at radius 1 is 1.53 bits per heavy atom. The van der Waals surface area contributed by atoms with Gasteiger partial charge in [0.2, 0.25) is 5.91 Å². The maximum absolute atomic E-state index is 11.3. The van der Waals surface area contributed by atoms with Gasteiger partial charge in [-0.3, -0.25) is 9.69 Å². The summed E-state index contributed by atoms with van der Waals surface area (Å²) < 4.78 is 5.23. The summed E-state index contributed by atoms with van der Waals surface area (Å²) in [4.78, 5) is 13.5. The highest BCUT2D eigenvalue weighted by Gasteiger charge is 2.10. The zero-order chi connectivity index (χ0) is 11.1. The molecule has 1 amide bonds. The fourth-order valence-corrected chi connectivity index (χ4v) is 1.54. The Morgan fingerprint density at radius 3 is 2.80 bits per heavy atom. The molecule has 15 heavy (non-hydrogen) atoms. The second-order valence-corrected chi connectivity index (χ2v) is 3.99. The molecule has 88 valence electrons. The number of hydrogen-bond acceptors (Lipinski definition) is 4. The van der Waals surface area contributed by atoms with Crippen LogP contribution in [0.5, 0.6) is 0 Å². The van der Waals surface area contributed by atoms with E-state index in [0.717, 1.165) is 32.8 Å². The van der Waals surface area contributed by atoms with E-state index in [1.54, 1.807) is 0 Å². The fourth-order valence-electron chi connectivity index (χ4n) is 1.54. The molecule has 5 heteroatoms. The van der Waals surface area contributed by atoms with Crippen LogP contribution >= 0.6 is 0 Å². The van der Waals surface area contributed by atoms with Crippen molar-refractivity contribution in [2.24, 2.45) is 5.73 Å². The van der Waals surface area contributed by atoms with E-state index in [1.807, 2.05) is 6.92 Å². The first-order valence-corrected chi connectivity index (χ1v) is 5.51. The summed E-state index contributed by atoms with van der Waals surface area (Å²) in [6.07, 6.45) is 0.406. The van der Waals surface area contributed by atoms with E-state index in [-0.39, 0.29) is 11.9 Å². The molecule has 1 atom stereocenters. The van der Waals surface area contributed by atoms with Crippen molar-refractivity contribution in [3.05, 3.63) is 0 Å². The van der Waals surface area contributed by atoms with Crippen molar-refractivity contribution in [1.29, 1.82) is 0 Å². The van der Waals surface area contributed by atoms with Crippen molar-refractivity contribution in [1.82, 2.24) is 10.2 Å². The molecule has 1 fully saturated rings. The summed E-state index contributed by atoms with van der Waals surface area (Å²) >= 11 is 0. The SMILES string of the molecule is CC(N)CC(=O)NCCN1CCOCC1.